The zero-order valence-electron chi connectivity index (χ0n) is 14.2. The van der Waals surface area contributed by atoms with Gasteiger partial charge in [0.25, 0.3) is 5.91 Å². The van der Waals surface area contributed by atoms with E-state index in [2.05, 4.69) is 5.32 Å². The van der Waals surface area contributed by atoms with Crippen LogP contribution >= 0.6 is 11.8 Å². The van der Waals surface area contributed by atoms with E-state index in [1.54, 1.807) is 23.9 Å². The summed E-state index contributed by atoms with van der Waals surface area (Å²) in [4.78, 5) is 25.0. The second-order valence-electron chi connectivity index (χ2n) is 6.19. The summed E-state index contributed by atoms with van der Waals surface area (Å²) < 4.78 is 0. The molecule has 5 heteroatoms. The Balaban J connectivity index is 2.16. The van der Waals surface area contributed by atoms with Gasteiger partial charge in [-0.3, -0.25) is 4.79 Å². The Morgan fingerprint density at radius 2 is 2.08 bits per heavy atom. The predicted molar refractivity (Wildman–Crippen MR) is 97.6 cm³/mol. The van der Waals surface area contributed by atoms with Gasteiger partial charge in [-0.05, 0) is 45.2 Å². The first-order chi connectivity index (χ1) is 11.5. The van der Waals surface area contributed by atoms with E-state index >= 15 is 0 Å². The second kappa shape index (κ2) is 8.92. The Hall–Kier alpha value is -1.75. The molecule has 1 aromatic carbocycles. The first kappa shape index (κ1) is 18.6. The fourth-order valence-corrected chi connectivity index (χ4v) is 4.19. The molecule has 1 aliphatic rings. The summed E-state index contributed by atoms with van der Waals surface area (Å²) in [7, 11) is 0. The largest absolute Gasteiger partial charge is 0.480 e. The molecule has 0 heterocycles. The third kappa shape index (κ3) is 5.13. The first-order valence-electron chi connectivity index (χ1n) is 8.43. The quantitative estimate of drug-likeness (QED) is 0.726. The van der Waals surface area contributed by atoms with Crippen LogP contribution in [-0.4, -0.2) is 28.3 Å². The summed E-state index contributed by atoms with van der Waals surface area (Å²) in [5.41, 5.74) is 1.58. The number of aliphatic carboxylic acids is 1. The summed E-state index contributed by atoms with van der Waals surface area (Å²) in [6.07, 6.45) is 8.68. The lowest BCUT2D eigenvalue weighted by atomic mass is 10.1. The molecule has 1 atom stereocenters. The minimum Gasteiger partial charge on any atom is -0.480 e. The number of hydrogen-bond acceptors (Lipinski definition) is 3. The highest BCUT2D eigenvalue weighted by Crippen LogP contribution is 2.36. The minimum absolute atomic E-state index is 0.286. The number of aryl methyl sites for hydroxylation is 1. The lowest BCUT2D eigenvalue weighted by Gasteiger charge is -2.17. The number of allylic oxidation sites excluding steroid dienone is 1. The van der Waals surface area contributed by atoms with Crippen LogP contribution < -0.4 is 5.32 Å². The third-order valence-corrected chi connectivity index (χ3v) is 5.60. The van der Waals surface area contributed by atoms with Crippen molar-refractivity contribution in [3.8, 4) is 0 Å². The zero-order chi connectivity index (χ0) is 17.5. The monoisotopic (exact) mass is 347 g/mol. The molecule has 0 aliphatic heterocycles. The molecule has 4 nitrogen and oxygen atoms in total. The molecule has 0 saturated heterocycles. The number of carboxylic acid groups (broad SMARTS) is 1. The van der Waals surface area contributed by atoms with Crippen molar-refractivity contribution in [2.24, 2.45) is 0 Å². The standard InChI is InChI=1S/C19H25NO3S/c1-3-4-9-16(19(22)23)20-18(21)15-12-13(2)10-11-17(15)24-14-7-5-6-8-14/h3-4,10-12,14,16H,5-9H2,1-2H3,(H,20,21)(H,22,23)/b4-3+. The van der Waals surface area contributed by atoms with Crippen LogP contribution in [0, 0.1) is 6.92 Å². The zero-order valence-corrected chi connectivity index (χ0v) is 15.1. The number of carbonyl (C=O) groups is 2. The number of benzene rings is 1. The molecule has 24 heavy (non-hydrogen) atoms. The smallest absolute Gasteiger partial charge is 0.326 e. The molecule has 1 aliphatic carbocycles. The van der Waals surface area contributed by atoms with E-state index in [1.165, 1.54) is 25.7 Å². The maximum atomic E-state index is 12.7. The van der Waals surface area contributed by atoms with E-state index in [4.69, 9.17) is 0 Å². The van der Waals surface area contributed by atoms with Crippen LogP contribution in [0.2, 0.25) is 0 Å². The normalized spacial score (nSPS) is 16.4. The van der Waals surface area contributed by atoms with Crippen LogP contribution in [0.25, 0.3) is 0 Å². The number of carboxylic acids is 1. The molecule has 0 radical (unpaired) electrons. The number of nitrogens with one attached hydrogen (secondary N) is 1. The number of hydrogen-bond donors (Lipinski definition) is 2. The van der Waals surface area contributed by atoms with Crippen molar-refractivity contribution in [1.29, 1.82) is 0 Å². The highest BCUT2D eigenvalue weighted by molar-refractivity contribution is 8.00. The van der Waals surface area contributed by atoms with Gasteiger partial charge in [-0.1, -0.05) is 36.6 Å². The van der Waals surface area contributed by atoms with E-state index < -0.39 is 12.0 Å². The summed E-state index contributed by atoms with van der Waals surface area (Å²) in [6.45, 7) is 3.77. The first-order valence-corrected chi connectivity index (χ1v) is 9.31. The summed E-state index contributed by atoms with van der Waals surface area (Å²) in [6, 6.07) is 4.93. The molecule has 130 valence electrons. The molecule has 0 aromatic heterocycles. The van der Waals surface area contributed by atoms with Crippen LogP contribution in [0.4, 0.5) is 0 Å². The second-order valence-corrected chi connectivity index (χ2v) is 7.54. The van der Waals surface area contributed by atoms with E-state index in [9.17, 15) is 14.7 Å². The van der Waals surface area contributed by atoms with Crippen LogP contribution in [0.5, 0.6) is 0 Å². The van der Waals surface area contributed by atoms with Crippen molar-refractivity contribution in [3.63, 3.8) is 0 Å². The maximum Gasteiger partial charge on any atom is 0.326 e. The van der Waals surface area contributed by atoms with Crippen molar-refractivity contribution < 1.29 is 14.7 Å². The van der Waals surface area contributed by atoms with Crippen molar-refractivity contribution in [1.82, 2.24) is 5.32 Å². The van der Waals surface area contributed by atoms with E-state index in [-0.39, 0.29) is 12.3 Å². The van der Waals surface area contributed by atoms with Crippen LogP contribution in [0.15, 0.2) is 35.2 Å². The van der Waals surface area contributed by atoms with Gasteiger partial charge in [-0.25, -0.2) is 4.79 Å². The Labute approximate surface area is 147 Å². The average molecular weight is 347 g/mol. The van der Waals surface area contributed by atoms with Crippen molar-refractivity contribution >= 4 is 23.6 Å². The SMILES string of the molecule is C/C=C/CC(NC(=O)c1cc(C)ccc1SC1CCCC1)C(=O)O. The summed E-state index contributed by atoms with van der Waals surface area (Å²) in [5.74, 6) is -1.32. The lowest BCUT2D eigenvalue weighted by molar-refractivity contribution is -0.139. The number of amides is 1. The van der Waals surface area contributed by atoms with Crippen molar-refractivity contribution in [2.45, 2.75) is 62.1 Å². The topological polar surface area (TPSA) is 66.4 Å². The molecule has 1 unspecified atom stereocenters. The highest BCUT2D eigenvalue weighted by atomic mass is 32.2. The van der Waals surface area contributed by atoms with Gasteiger partial charge in [-0.15, -0.1) is 11.8 Å². The van der Waals surface area contributed by atoms with E-state index in [1.807, 2.05) is 32.0 Å². The minimum atomic E-state index is -1.01. The van der Waals surface area contributed by atoms with E-state index in [0.29, 0.717) is 10.8 Å². The molecule has 2 rings (SSSR count). The highest BCUT2D eigenvalue weighted by Gasteiger charge is 2.23. The van der Waals surface area contributed by atoms with Gasteiger partial charge in [-0.2, -0.15) is 0 Å². The van der Waals surface area contributed by atoms with Crippen molar-refractivity contribution in [2.75, 3.05) is 0 Å². The predicted octanol–water partition coefficient (Wildman–Crippen LogP) is 4.18. The maximum absolute atomic E-state index is 12.7. The fraction of sp³-hybridized carbons (Fsp3) is 0.474. The van der Waals surface area contributed by atoms with Gasteiger partial charge in [0.2, 0.25) is 0 Å². The van der Waals surface area contributed by atoms with Gasteiger partial charge in [0.05, 0.1) is 5.56 Å². The molecule has 1 fully saturated rings. The number of carbonyl (C=O) groups excluding carboxylic acids is 1. The van der Waals surface area contributed by atoms with E-state index in [0.717, 1.165) is 10.5 Å². The molecular weight excluding hydrogens is 322 g/mol. The Bertz CT molecular complexity index is 621. The Kier molecular flexibility index (Phi) is 6.91. The molecular formula is C19H25NO3S. The molecule has 1 aromatic rings. The molecule has 2 N–H and O–H groups in total. The molecule has 0 bridgehead atoms. The van der Waals surface area contributed by atoms with Crippen molar-refractivity contribution in [3.05, 3.63) is 41.5 Å². The van der Waals surface area contributed by atoms with Gasteiger partial charge in [0, 0.05) is 10.1 Å². The number of thioether (sulfide) groups is 1. The molecule has 1 saturated carbocycles. The van der Waals surface area contributed by atoms with Crippen LogP contribution in [0.3, 0.4) is 0 Å². The third-order valence-electron chi connectivity index (χ3n) is 4.19. The van der Waals surface area contributed by atoms with Gasteiger partial charge < -0.3 is 10.4 Å². The van der Waals surface area contributed by atoms with Crippen LogP contribution in [-0.2, 0) is 4.79 Å². The summed E-state index contributed by atoms with van der Waals surface area (Å²) in [5, 5.41) is 12.5. The molecule has 1 amide bonds. The molecule has 0 spiro atoms. The van der Waals surface area contributed by atoms with Crippen LogP contribution in [0.1, 0.15) is 54.9 Å². The lowest BCUT2D eigenvalue weighted by Crippen LogP contribution is -2.40. The van der Waals surface area contributed by atoms with Gasteiger partial charge in [0.15, 0.2) is 0 Å². The van der Waals surface area contributed by atoms with Gasteiger partial charge >= 0.3 is 5.97 Å². The summed E-state index contributed by atoms with van der Waals surface area (Å²) >= 11 is 1.75. The fourth-order valence-electron chi connectivity index (χ4n) is 2.84. The Morgan fingerprint density at radius 3 is 2.71 bits per heavy atom. The number of rotatable bonds is 7. The Morgan fingerprint density at radius 1 is 1.38 bits per heavy atom. The van der Waals surface area contributed by atoms with Gasteiger partial charge in [0.1, 0.15) is 6.04 Å². The average Bonchev–Trinajstić information content (AvgIpc) is 3.05.